The van der Waals surface area contributed by atoms with Gasteiger partial charge >= 0.3 is 0 Å². The van der Waals surface area contributed by atoms with Crippen LogP contribution in [0.1, 0.15) is 39.7 Å². The molecule has 1 aliphatic rings. The first-order valence-corrected chi connectivity index (χ1v) is 7.73. The number of H-pyrrole nitrogens is 1. The first-order chi connectivity index (χ1) is 10.2. The van der Waals surface area contributed by atoms with Gasteiger partial charge in [0.2, 0.25) is 0 Å². The number of benzene rings is 1. The lowest BCUT2D eigenvalue weighted by Crippen LogP contribution is -2.15. The van der Waals surface area contributed by atoms with E-state index in [1.807, 2.05) is 13.8 Å². The van der Waals surface area contributed by atoms with Crippen molar-refractivity contribution in [2.45, 2.75) is 40.7 Å². The molecule has 1 saturated carbocycles. The molecule has 4 nitrogen and oxygen atoms in total. The first kappa shape index (κ1) is 18.5. The van der Waals surface area contributed by atoms with Crippen molar-refractivity contribution in [1.29, 1.82) is 0 Å². The van der Waals surface area contributed by atoms with Crippen LogP contribution in [0.2, 0.25) is 5.02 Å². The molecule has 0 spiro atoms. The van der Waals surface area contributed by atoms with E-state index in [2.05, 4.69) is 4.98 Å². The Morgan fingerprint density at radius 1 is 1.32 bits per heavy atom. The molecule has 22 heavy (non-hydrogen) atoms. The summed E-state index contributed by atoms with van der Waals surface area (Å²) in [5, 5.41) is 1.42. The maximum atomic E-state index is 11.7. The zero-order valence-electron chi connectivity index (χ0n) is 12.4. The van der Waals surface area contributed by atoms with Gasteiger partial charge in [0, 0.05) is 23.6 Å². The predicted molar refractivity (Wildman–Crippen MR) is 93.8 cm³/mol. The summed E-state index contributed by atoms with van der Waals surface area (Å²) < 4.78 is 5.69. The van der Waals surface area contributed by atoms with Crippen molar-refractivity contribution in [3.05, 3.63) is 39.1 Å². The molecule has 5 heteroatoms. The summed E-state index contributed by atoms with van der Waals surface area (Å²) in [6.45, 7) is 4.90. The third-order valence-corrected chi connectivity index (χ3v) is 3.66. The Morgan fingerprint density at radius 2 is 2.00 bits per heavy atom. The van der Waals surface area contributed by atoms with Crippen LogP contribution in [-0.4, -0.2) is 11.6 Å². The van der Waals surface area contributed by atoms with Crippen molar-refractivity contribution in [3.63, 3.8) is 0 Å². The molecule has 0 aliphatic heterocycles. The van der Waals surface area contributed by atoms with Crippen LogP contribution >= 0.6 is 11.6 Å². The van der Waals surface area contributed by atoms with Gasteiger partial charge in [-0.3, -0.25) is 4.79 Å². The zero-order chi connectivity index (χ0) is 15.4. The summed E-state index contributed by atoms with van der Waals surface area (Å²) in [7, 11) is 0. The molecule has 0 atom stereocenters. The molecular formula is C17H25ClN2O2. The van der Waals surface area contributed by atoms with E-state index in [1.165, 1.54) is 12.8 Å². The van der Waals surface area contributed by atoms with Crippen LogP contribution in [0.15, 0.2) is 23.0 Å². The highest BCUT2D eigenvalue weighted by Crippen LogP contribution is 2.33. The van der Waals surface area contributed by atoms with Gasteiger partial charge in [-0.2, -0.15) is 0 Å². The van der Waals surface area contributed by atoms with Gasteiger partial charge in [0.1, 0.15) is 5.75 Å². The smallest absolute Gasteiger partial charge is 0.252 e. The Morgan fingerprint density at radius 3 is 2.59 bits per heavy atom. The van der Waals surface area contributed by atoms with Crippen molar-refractivity contribution < 1.29 is 4.74 Å². The third-order valence-electron chi connectivity index (χ3n) is 3.37. The van der Waals surface area contributed by atoms with Gasteiger partial charge in [0.25, 0.3) is 5.56 Å². The maximum absolute atomic E-state index is 11.7. The molecule has 1 aromatic carbocycles. The van der Waals surface area contributed by atoms with Crippen LogP contribution in [0.4, 0.5) is 0 Å². The summed E-state index contributed by atoms with van der Waals surface area (Å²) in [5.41, 5.74) is 6.63. The topological polar surface area (TPSA) is 68.1 Å². The minimum absolute atomic E-state index is 0. The van der Waals surface area contributed by atoms with Gasteiger partial charge in [-0.05, 0) is 30.9 Å². The lowest BCUT2D eigenvalue weighted by molar-refractivity contribution is 0.300. The fourth-order valence-corrected chi connectivity index (χ4v) is 2.23. The van der Waals surface area contributed by atoms with E-state index in [0.717, 1.165) is 10.9 Å². The Bertz CT molecular complexity index is 678. The maximum Gasteiger partial charge on any atom is 0.252 e. The number of rotatable bonds is 4. The number of ether oxygens (including phenoxy) is 1. The molecule has 0 radical (unpaired) electrons. The van der Waals surface area contributed by atoms with E-state index >= 15 is 0 Å². The highest BCUT2D eigenvalue weighted by Gasteiger charge is 2.22. The summed E-state index contributed by atoms with van der Waals surface area (Å²) in [4.78, 5) is 14.5. The summed E-state index contributed by atoms with van der Waals surface area (Å²) >= 11 is 6.19. The monoisotopic (exact) mass is 324 g/mol. The second-order valence-electron chi connectivity index (χ2n) is 4.95. The predicted octanol–water partition coefficient (Wildman–Crippen LogP) is 4.09. The Kier molecular flexibility index (Phi) is 6.91. The molecule has 1 heterocycles. The van der Waals surface area contributed by atoms with Crippen LogP contribution in [0.25, 0.3) is 10.9 Å². The average molecular weight is 325 g/mol. The summed E-state index contributed by atoms with van der Waals surface area (Å²) in [6.07, 6.45) is 2.45. The Labute approximate surface area is 136 Å². The van der Waals surface area contributed by atoms with Crippen LogP contribution in [0.3, 0.4) is 0 Å². The molecule has 3 N–H and O–H groups in total. The number of fused-ring (bicyclic) bond motifs is 1. The molecule has 2 aromatic rings. The Hall–Kier alpha value is -1.52. The van der Waals surface area contributed by atoms with Crippen molar-refractivity contribution in [2.24, 2.45) is 11.7 Å². The number of nitrogens with one attached hydrogen (secondary N) is 1. The van der Waals surface area contributed by atoms with Gasteiger partial charge in [-0.15, -0.1) is 0 Å². The highest BCUT2D eigenvalue weighted by atomic mass is 35.5. The minimum atomic E-state index is -0.162. The van der Waals surface area contributed by atoms with Crippen molar-refractivity contribution in [1.82, 2.24) is 4.98 Å². The summed E-state index contributed by atoms with van der Waals surface area (Å²) in [6, 6.07) is 5.35. The SMILES string of the molecule is C.CC.NCc1cc2cc(Cl)c(OCC3CC3)cc2[nH]c1=O. The fourth-order valence-electron chi connectivity index (χ4n) is 2.01. The van der Waals surface area contributed by atoms with Crippen molar-refractivity contribution in [2.75, 3.05) is 6.61 Å². The average Bonchev–Trinajstić information content (AvgIpc) is 3.31. The highest BCUT2D eigenvalue weighted by molar-refractivity contribution is 6.32. The van der Waals surface area contributed by atoms with Crippen LogP contribution in [-0.2, 0) is 6.54 Å². The molecule has 1 aliphatic carbocycles. The van der Waals surface area contributed by atoms with Gasteiger partial charge in [0.05, 0.1) is 17.1 Å². The zero-order valence-corrected chi connectivity index (χ0v) is 13.2. The fraction of sp³-hybridized carbons (Fsp3) is 0.471. The summed E-state index contributed by atoms with van der Waals surface area (Å²) in [5.74, 6) is 1.28. The molecule has 0 saturated heterocycles. The number of aromatic nitrogens is 1. The quantitative estimate of drug-likeness (QED) is 0.890. The number of pyridine rings is 1. The van der Waals surface area contributed by atoms with Gasteiger partial charge < -0.3 is 15.5 Å². The number of nitrogens with two attached hydrogens (primary N) is 1. The van der Waals surface area contributed by atoms with Crippen LogP contribution < -0.4 is 16.0 Å². The molecule has 0 bridgehead atoms. The van der Waals surface area contributed by atoms with E-state index in [-0.39, 0.29) is 19.5 Å². The molecule has 0 amide bonds. The molecular weight excluding hydrogens is 300 g/mol. The molecule has 0 unspecified atom stereocenters. The van der Waals surface area contributed by atoms with E-state index < -0.39 is 0 Å². The van der Waals surface area contributed by atoms with Crippen molar-refractivity contribution >= 4 is 22.5 Å². The first-order valence-electron chi connectivity index (χ1n) is 7.35. The normalized spacial score (nSPS) is 13.1. The molecule has 3 rings (SSSR count). The van der Waals surface area contributed by atoms with E-state index in [9.17, 15) is 4.79 Å². The number of hydrogen-bond acceptors (Lipinski definition) is 3. The van der Waals surface area contributed by atoms with Crippen molar-refractivity contribution in [3.8, 4) is 5.75 Å². The lowest BCUT2D eigenvalue weighted by Gasteiger charge is -2.09. The Balaban J connectivity index is 0.000000775. The van der Waals surface area contributed by atoms with E-state index in [0.29, 0.717) is 28.9 Å². The second kappa shape index (κ2) is 8.20. The van der Waals surface area contributed by atoms with E-state index in [1.54, 1.807) is 18.2 Å². The lowest BCUT2D eigenvalue weighted by atomic mass is 10.1. The van der Waals surface area contributed by atoms with E-state index in [4.69, 9.17) is 22.1 Å². The standard InChI is InChI=1S/C14H15ClN2O2.C2H6.CH4/c15-11-4-9-3-10(6-16)14(18)17-12(9)5-13(11)19-7-8-1-2-8;1-2;/h3-5,8H,1-2,6-7,16H2,(H,17,18);1-2H3;1H4. The molecule has 1 fully saturated rings. The van der Waals surface area contributed by atoms with Gasteiger partial charge in [0.15, 0.2) is 0 Å². The number of halogens is 1. The molecule has 1 aromatic heterocycles. The number of hydrogen-bond donors (Lipinski definition) is 2. The van der Waals surface area contributed by atoms with Gasteiger partial charge in [-0.1, -0.05) is 32.9 Å². The van der Waals surface area contributed by atoms with Crippen LogP contribution in [0, 0.1) is 5.92 Å². The number of aromatic amines is 1. The van der Waals surface area contributed by atoms with Gasteiger partial charge in [-0.25, -0.2) is 0 Å². The van der Waals surface area contributed by atoms with Crippen LogP contribution in [0.5, 0.6) is 5.75 Å². The minimum Gasteiger partial charge on any atom is -0.492 e. The second-order valence-corrected chi connectivity index (χ2v) is 5.36. The third kappa shape index (κ3) is 4.24. The molecule has 122 valence electrons. The largest absolute Gasteiger partial charge is 0.492 e.